The quantitative estimate of drug-likeness (QED) is 0.933. The molecule has 0 unspecified atom stereocenters. The topological polar surface area (TPSA) is 67.5 Å². The van der Waals surface area contributed by atoms with Gasteiger partial charge in [0.25, 0.3) is 0 Å². The minimum atomic E-state index is 0.111. The fourth-order valence-electron chi connectivity index (χ4n) is 3.84. The number of hydrogen-bond acceptors (Lipinski definition) is 6. The molecule has 6 nitrogen and oxygen atoms in total. The number of likely N-dealkylation sites (tertiary alicyclic amines) is 1. The van der Waals surface area contributed by atoms with Gasteiger partial charge in [-0.1, -0.05) is 0 Å². The van der Waals surface area contributed by atoms with E-state index in [9.17, 15) is 0 Å². The Balaban J connectivity index is 1.85. The van der Waals surface area contributed by atoms with E-state index in [1.807, 2.05) is 26.0 Å². The molecule has 1 aromatic carbocycles. The summed E-state index contributed by atoms with van der Waals surface area (Å²) in [5.41, 5.74) is 8.13. The van der Waals surface area contributed by atoms with Crippen LogP contribution in [0.1, 0.15) is 20.3 Å². The van der Waals surface area contributed by atoms with Crippen molar-refractivity contribution in [1.29, 1.82) is 0 Å². The van der Waals surface area contributed by atoms with E-state index in [0.717, 1.165) is 35.4 Å². The first kappa shape index (κ1) is 14.5. The monoisotopic (exact) mass is 313 g/mol. The summed E-state index contributed by atoms with van der Waals surface area (Å²) in [6.07, 6.45) is 2.80. The molecule has 23 heavy (non-hydrogen) atoms. The van der Waals surface area contributed by atoms with Crippen LogP contribution in [0.2, 0.25) is 0 Å². The van der Waals surface area contributed by atoms with E-state index in [1.165, 1.54) is 12.7 Å². The molecule has 2 aliphatic heterocycles. The van der Waals surface area contributed by atoms with E-state index in [0.29, 0.717) is 17.9 Å². The van der Waals surface area contributed by atoms with E-state index in [2.05, 4.69) is 26.8 Å². The maximum absolute atomic E-state index is 6.19. The van der Waals surface area contributed by atoms with Gasteiger partial charge in [-0.25, -0.2) is 9.97 Å². The molecule has 4 rings (SSSR count). The zero-order chi connectivity index (χ0) is 16.1. The van der Waals surface area contributed by atoms with Gasteiger partial charge in [-0.05, 0) is 39.4 Å². The summed E-state index contributed by atoms with van der Waals surface area (Å²) < 4.78 is 6.07. The number of rotatable bonds is 3. The van der Waals surface area contributed by atoms with Crippen LogP contribution in [0.3, 0.4) is 0 Å². The van der Waals surface area contributed by atoms with Crippen LogP contribution >= 0.6 is 0 Å². The third-order valence-electron chi connectivity index (χ3n) is 4.99. The predicted octanol–water partition coefficient (Wildman–Crippen LogP) is 1.89. The standard InChI is InChI=1S/C17H23N5O/c1-10(2)23-14-5-4-11-15(17(18)20-9-19-11)16(14)22-8-13-12(22)6-7-21(13)3/h4-5,9-10,12-13H,6-8H2,1-3H3,(H2,18,19,20)/t12-,13-/m1/s1. The third kappa shape index (κ3) is 2.20. The highest BCUT2D eigenvalue weighted by atomic mass is 16.5. The number of anilines is 2. The van der Waals surface area contributed by atoms with Gasteiger partial charge in [0.2, 0.25) is 0 Å². The highest BCUT2D eigenvalue weighted by Crippen LogP contribution is 2.45. The number of benzene rings is 1. The molecule has 1 aromatic heterocycles. The average molecular weight is 313 g/mol. The molecule has 122 valence electrons. The van der Waals surface area contributed by atoms with E-state index >= 15 is 0 Å². The van der Waals surface area contributed by atoms with Crippen LogP contribution < -0.4 is 15.4 Å². The zero-order valence-electron chi connectivity index (χ0n) is 13.9. The van der Waals surface area contributed by atoms with Crippen molar-refractivity contribution in [3.05, 3.63) is 18.5 Å². The average Bonchev–Trinajstić information content (AvgIpc) is 2.75. The summed E-state index contributed by atoms with van der Waals surface area (Å²) in [5, 5.41) is 0.915. The van der Waals surface area contributed by atoms with Crippen molar-refractivity contribution >= 4 is 22.4 Å². The zero-order valence-corrected chi connectivity index (χ0v) is 13.9. The van der Waals surface area contributed by atoms with E-state index in [4.69, 9.17) is 10.5 Å². The highest BCUT2D eigenvalue weighted by Gasteiger charge is 2.46. The first-order chi connectivity index (χ1) is 11.1. The lowest BCUT2D eigenvalue weighted by atomic mass is 9.94. The van der Waals surface area contributed by atoms with E-state index in [1.54, 1.807) is 0 Å². The van der Waals surface area contributed by atoms with Gasteiger partial charge in [0, 0.05) is 25.2 Å². The van der Waals surface area contributed by atoms with Gasteiger partial charge >= 0.3 is 0 Å². The Morgan fingerprint density at radius 3 is 2.83 bits per heavy atom. The second-order valence-corrected chi connectivity index (χ2v) is 6.79. The van der Waals surface area contributed by atoms with Gasteiger partial charge in [0.05, 0.1) is 22.7 Å². The van der Waals surface area contributed by atoms with Crippen molar-refractivity contribution in [2.75, 3.05) is 30.8 Å². The molecule has 2 aromatic rings. The lowest BCUT2D eigenvalue weighted by Gasteiger charge is -2.48. The Morgan fingerprint density at radius 1 is 1.26 bits per heavy atom. The van der Waals surface area contributed by atoms with Crippen LogP contribution in [0, 0.1) is 0 Å². The summed E-state index contributed by atoms with van der Waals surface area (Å²) in [7, 11) is 2.20. The number of ether oxygens (including phenoxy) is 1. The molecular weight excluding hydrogens is 290 g/mol. The molecule has 2 saturated heterocycles. The summed E-state index contributed by atoms with van der Waals surface area (Å²) in [6, 6.07) is 5.13. The molecule has 0 saturated carbocycles. The number of nitrogens with zero attached hydrogens (tertiary/aromatic N) is 4. The predicted molar refractivity (Wildman–Crippen MR) is 91.9 cm³/mol. The van der Waals surface area contributed by atoms with E-state index < -0.39 is 0 Å². The number of fused-ring (bicyclic) bond motifs is 2. The number of nitrogen functional groups attached to an aromatic ring is 1. The molecule has 3 heterocycles. The Morgan fingerprint density at radius 2 is 2.09 bits per heavy atom. The molecule has 2 fully saturated rings. The highest BCUT2D eigenvalue weighted by molar-refractivity contribution is 6.02. The Bertz CT molecular complexity index is 747. The van der Waals surface area contributed by atoms with Crippen molar-refractivity contribution < 1.29 is 4.74 Å². The number of aromatic nitrogens is 2. The van der Waals surface area contributed by atoms with Crippen LogP contribution in [0.15, 0.2) is 18.5 Å². The lowest BCUT2D eigenvalue weighted by molar-refractivity contribution is 0.228. The Labute approximate surface area is 136 Å². The maximum Gasteiger partial charge on any atom is 0.143 e. The molecule has 0 amide bonds. The van der Waals surface area contributed by atoms with Gasteiger partial charge < -0.3 is 15.4 Å². The number of likely N-dealkylation sites (N-methyl/N-ethyl adjacent to an activating group) is 1. The molecule has 2 N–H and O–H groups in total. The molecule has 0 aliphatic carbocycles. The van der Waals surface area contributed by atoms with Gasteiger partial charge in [0.15, 0.2) is 0 Å². The number of hydrogen-bond donors (Lipinski definition) is 1. The third-order valence-corrected chi connectivity index (χ3v) is 4.99. The van der Waals surface area contributed by atoms with Gasteiger partial charge in [-0.3, -0.25) is 4.90 Å². The van der Waals surface area contributed by atoms with Crippen molar-refractivity contribution in [3.8, 4) is 5.75 Å². The normalized spacial score (nSPS) is 24.1. The lowest BCUT2D eigenvalue weighted by Crippen LogP contribution is -2.61. The summed E-state index contributed by atoms with van der Waals surface area (Å²) >= 11 is 0. The van der Waals surface area contributed by atoms with Gasteiger partial charge in [0.1, 0.15) is 17.9 Å². The van der Waals surface area contributed by atoms with Crippen LogP contribution in [0.4, 0.5) is 11.5 Å². The molecule has 0 bridgehead atoms. The van der Waals surface area contributed by atoms with Gasteiger partial charge in [-0.15, -0.1) is 0 Å². The number of nitrogens with two attached hydrogens (primary N) is 1. The fourth-order valence-corrected chi connectivity index (χ4v) is 3.84. The Hall–Kier alpha value is -2.08. The summed E-state index contributed by atoms with van der Waals surface area (Å²) in [5.74, 6) is 1.40. The van der Waals surface area contributed by atoms with Crippen LogP contribution in [-0.4, -0.2) is 53.2 Å². The minimum absolute atomic E-state index is 0.111. The largest absolute Gasteiger partial charge is 0.489 e. The van der Waals surface area contributed by atoms with Crippen molar-refractivity contribution in [2.24, 2.45) is 0 Å². The fraction of sp³-hybridized carbons (Fsp3) is 0.529. The minimum Gasteiger partial charge on any atom is -0.489 e. The SMILES string of the molecule is CC(C)Oc1ccc2ncnc(N)c2c1N1C[C@@H]2[C@H]1CCN2C. The van der Waals surface area contributed by atoms with Crippen molar-refractivity contribution in [2.45, 2.75) is 38.5 Å². The van der Waals surface area contributed by atoms with E-state index in [-0.39, 0.29) is 6.10 Å². The van der Waals surface area contributed by atoms with Gasteiger partial charge in [-0.2, -0.15) is 0 Å². The van der Waals surface area contributed by atoms with Crippen molar-refractivity contribution in [3.63, 3.8) is 0 Å². The molecule has 0 spiro atoms. The second kappa shape index (κ2) is 5.23. The molecule has 6 heteroatoms. The van der Waals surface area contributed by atoms with Crippen LogP contribution in [-0.2, 0) is 0 Å². The maximum atomic E-state index is 6.19. The summed E-state index contributed by atoms with van der Waals surface area (Å²) in [4.78, 5) is 13.4. The first-order valence-corrected chi connectivity index (χ1v) is 8.23. The van der Waals surface area contributed by atoms with Crippen molar-refractivity contribution in [1.82, 2.24) is 14.9 Å². The summed E-state index contributed by atoms with van der Waals surface area (Å²) in [6.45, 7) is 6.23. The Kier molecular flexibility index (Phi) is 3.30. The smallest absolute Gasteiger partial charge is 0.143 e. The molecule has 2 aliphatic rings. The first-order valence-electron chi connectivity index (χ1n) is 8.23. The van der Waals surface area contributed by atoms with Crippen LogP contribution in [0.5, 0.6) is 5.75 Å². The van der Waals surface area contributed by atoms with Crippen LogP contribution in [0.25, 0.3) is 10.9 Å². The molecule has 2 atom stereocenters. The molecular formula is C17H23N5O. The molecule has 0 radical (unpaired) electrons. The second-order valence-electron chi connectivity index (χ2n) is 6.79.